The van der Waals surface area contributed by atoms with Crippen LogP contribution in [0.1, 0.15) is 22.3 Å². The van der Waals surface area contributed by atoms with Gasteiger partial charge in [-0.25, -0.2) is 0 Å². The van der Waals surface area contributed by atoms with Gasteiger partial charge in [-0.1, -0.05) is 41.4 Å². The molecule has 0 radical (unpaired) electrons. The standard InChI is InChI=1S/C17H15ClO3S/c1-11-2-4-12(5-3-11)15(19)10-16(17(20)21)22-14-8-6-13(18)7-9-14/h2-9,16H,10H2,1H3,(H,20,21). The minimum Gasteiger partial charge on any atom is -0.480 e. The molecule has 0 aliphatic rings. The number of thioether (sulfide) groups is 1. The van der Waals surface area contributed by atoms with Crippen LogP contribution in [0.2, 0.25) is 5.02 Å². The summed E-state index contributed by atoms with van der Waals surface area (Å²) in [5.41, 5.74) is 1.59. The van der Waals surface area contributed by atoms with Gasteiger partial charge in [0, 0.05) is 21.9 Å². The first-order valence-electron chi connectivity index (χ1n) is 6.70. The van der Waals surface area contributed by atoms with E-state index in [-0.39, 0.29) is 12.2 Å². The summed E-state index contributed by atoms with van der Waals surface area (Å²) in [4.78, 5) is 24.4. The SMILES string of the molecule is Cc1ccc(C(=O)CC(Sc2ccc(Cl)cc2)C(=O)O)cc1. The van der Waals surface area contributed by atoms with Crippen molar-refractivity contribution in [2.24, 2.45) is 0 Å². The second-order valence-corrected chi connectivity index (χ2v) is 6.60. The average Bonchev–Trinajstić information content (AvgIpc) is 2.49. The second kappa shape index (κ2) is 7.47. The summed E-state index contributed by atoms with van der Waals surface area (Å²) in [6, 6.07) is 14.0. The van der Waals surface area contributed by atoms with Crippen molar-refractivity contribution in [3.8, 4) is 0 Å². The predicted octanol–water partition coefficient (Wildman–Crippen LogP) is 4.47. The fraction of sp³-hybridized carbons (Fsp3) is 0.176. The minimum atomic E-state index is -1.000. The highest BCUT2D eigenvalue weighted by molar-refractivity contribution is 8.00. The maximum Gasteiger partial charge on any atom is 0.317 e. The van der Waals surface area contributed by atoms with Crippen molar-refractivity contribution in [3.05, 3.63) is 64.7 Å². The first-order chi connectivity index (χ1) is 10.5. The van der Waals surface area contributed by atoms with E-state index in [9.17, 15) is 14.7 Å². The molecule has 2 aromatic rings. The lowest BCUT2D eigenvalue weighted by molar-refractivity contribution is -0.136. The Bertz CT molecular complexity index is 665. The van der Waals surface area contributed by atoms with E-state index in [0.717, 1.165) is 22.2 Å². The van der Waals surface area contributed by atoms with Gasteiger partial charge in [-0.05, 0) is 31.2 Å². The fourth-order valence-electron chi connectivity index (χ4n) is 1.88. The number of benzene rings is 2. The van der Waals surface area contributed by atoms with Gasteiger partial charge < -0.3 is 5.11 Å². The third-order valence-corrected chi connectivity index (χ3v) is 4.56. The number of aliphatic carboxylic acids is 1. The van der Waals surface area contributed by atoms with Gasteiger partial charge in [0.2, 0.25) is 0 Å². The molecular weight excluding hydrogens is 320 g/mol. The van der Waals surface area contributed by atoms with E-state index in [2.05, 4.69) is 0 Å². The minimum absolute atomic E-state index is 0.0499. The van der Waals surface area contributed by atoms with E-state index >= 15 is 0 Å². The van der Waals surface area contributed by atoms with E-state index in [0.29, 0.717) is 10.6 Å². The molecule has 0 aliphatic carbocycles. The largest absolute Gasteiger partial charge is 0.480 e. The van der Waals surface area contributed by atoms with Crippen molar-refractivity contribution < 1.29 is 14.7 Å². The zero-order valence-electron chi connectivity index (χ0n) is 12.0. The molecule has 0 amide bonds. The molecule has 0 bridgehead atoms. The molecule has 5 heteroatoms. The summed E-state index contributed by atoms with van der Waals surface area (Å²) in [6.07, 6.45) is -0.0499. The summed E-state index contributed by atoms with van der Waals surface area (Å²) < 4.78 is 0. The summed E-state index contributed by atoms with van der Waals surface area (Å²) in [7, 11) is 0. The van der Waals surface area contributed by atoms with Crippen molar-refractivity contribution in [3.63, 3.8) is 0 Å². The number of hydrogen-bond donors (Lipinski definition) is 1. The highest BCUT2D eigenvalue weighted by atomic mass is 35.5. The summed E-state index contributed by atoms with van der Waals surface area (Å²) in [5, 5.41) is 9.10. The van der Waals surface area contributed by atoms with Crippen LogP contribution >= 0.6 is 23.4 Å². The van der Waals surface area contributed by atoms with Crippen LogP contribution in [0, 0.1) is 6.92 Å². The molecular formula is C17H15ClO3S. The number of carboxylic acids is 1. The van der Waals surface area contributed by atoms with E-state index in [1.165, 1.54) is 0 Å². The summed E-state index contributed by atoms with van der Waals surface area (Å²) >= 11 is 6.96. The van der Waals surface area contributed by atoms with Gasteiger partial charge in [-0.2, -0.15) is 0 Å². The topological polar surface area (TPSA) is 54.4 Å². The van der Waals surface area contributed by atoms with Crippen LogP contribution in [-0.4, -0.2) is 22.1 Å². The van der Waals surface area contributed by atoms with Crippen molar-refractivity contribution in [2.45, 2.75) is 23.5 Å². The normalized spacial score (nSPS) is 11.9. The van der Waals surface area contributed by atoms with Gasteiger partial charge in [0.1, 0.15) is 5.25 Å². The van der Waals surface area contributed by atoms with Crippen LogP contribution in [0.25, 0.3) is 0 Å². The molecule has 1 unspecified atom stereocenters. The lowest BCUT2D eigenvalue weighted by Crippen LogP contribution is -2.20. The van der Waals surface area contributed by atoms with E-state index in [4.69, 9.17) is 11.6 Å². The number of carbonyl (C=O) groups excluding carboxylic acids is 1. The van der Waals surface area contributed by atoms with Crippen molar-refractivity contribution >= 4 is 35.1 Å². The third kappa shape index (κ3) is 4.61. The Kier molecular flexibility index (Phi) is 5.63. The molecule has 0 saturated carbocycles. The molecule has 1 atom stereocenters. The number of Topliss-reactive ketones (excluding diaryl/α,β-unsaturated/α-hetero) is 1. The molecule has 0 spiro atoms. The van der Waals surface area contributed by atoms with Crippen LogP contribution in [0.15, 0.2) is 53.4 Å². The van der Waals surface area contributed by atoms with E-state index in [1.54, 1.807) is 36.4 Å². The number of ketones is 1. The Hall–Kier alpha value is -1.78. The molecule has 0 aromatic heterocycles. The molecule has 0 fully saturated rings. The maximum absolute atomic E-state index is 12.2. The number of halogens is 1. The van der Waals surface area contributed by atoms with Gasteiger partial charge in [-0.3, -0.25) is 9.59 Å². The Morgan fingerprint density at radius 1 is 1.09 bits per heavy atom. The number of carbonyl (C=O) groups is 2. The number of carboxylic acid groups (broad SMARTS) is 1. The highest BCUT2D eigenvalue weighted by Gasteiger charge is 2.23. The molecule has 0 heterocycles. The van der Waals surface area contributed by atoms with Crippen molar-refractivity contribution in [2.75, 3.05) is 0 Å². The zero-order valence-corrected chi connectivity index (χ0v) is 13.5. The van der Waals surface area contributed by atoms with E-state index in [1.807, 2.05) is 19.1 Å². The second-order valence-electron chi connectivity index (χ2n) is 4.89. The number of aryl methyl sites for hydroxylation is 1. The van der Waals surface area contributed by atoms with Crippen LogP contribution < -0.4 is 0 Å². The molecule has 22 heavy (non-hydrogen) atoms. The van der Waals surface area contributed by atoms with Crippen LogP contribution in [-0.2, 0) is 4.79 Å². The smallest absolute Gasteiger partial charge is 0.317 e. The molecule has 1 N–H and O–H groups in total. The van der Waals surface area contributed by atoms with E-state index < -0.39 is 11.2 Å². The Balaban J connectivity index is 2.08. The third-order valence-electron chi connectivity index (χ3n) is 3.11. The summed E-state index contributed by atoms with van der Waals surface area (Å²) in [6.45, 7) is 1.94. The first kappa shape index (κ1) is 16.6. The predicted molar refractivity (Wildman–Crippen MR) is 88.9 cm³/mol. The monoisotopic (exact) mass is 334 g/mol. The number of rotatable bonds is 6. The van der Waals surface area contributed by atoms with Crippen molar-refractivity contribution in [1.82, 2.24) is 0 Å². The Morgan fingerprint density at radius 2 is 1.68 bits per heavy atom. The number of hydrogen-bond acceptors (Lipinski definition) is 3. The Labute approximate surface area is 138 Å². The zero-order chi connectivity index (χ0) is 16.1. The first-order valence-corrected chi connectivity index (χ1v) is 7.96. The van der Waals surface area contributed by atoms with Gasteiger partial charge in [0.25, 0.3) is 0 Å². The molecule has 2 rings (SSSR count). The molecule has 3 nitrogen and oxygen atoms in total. The molecule has 0 aliphatic heterocycles. The fourth-order valence-corrected chi connectivity index (χ4v) is 2.97. The van der Waals surface area contributed by atoms with Crippen LogP contribution in [0.3, 0.4) is 0 Å². The van der Waals surface area contributed by atoms with Crippen LogP contribution in [0.5, 0.6) is 0 Å². The Morgan fingerprint density at radius 3 is 2.23 bits per heavy atom. The molecule has 2 aromatic carbocycles. The highest BCUT2D eigenvalue weighted by Crippen LogP contribution is 2.28. The van der Waals surface area contributed by atoms with Gasteiger partial charge >= 0.3 is 5.97 Å². The average molecular weight is 335 g/mol. The lowest BCUT2D eigenvalue weighted by atomic mass is 10.1. The van der Waals surface area contributed by atoms with Gasteiger partial charge in [0.05, 0.1) is 0 Å². The molecule has 0 saturated heterocycles. The van der Waals surface area contributed by atoms with Crippen LogP contribution in [0.4, 0.5) is 0 Å². The summed E-state index contributed by atoms with van der Waals surface area (Å²) in [5.74, 6) is -1.17. The van der Waals surface area contributed by atoms with Gasteiger partial charge in [-0.15, -0.1) is 11.8 Å². The molecule has 114 valence electrons. The van der Waals surface area contributed by atoms with Crippen molar-refractivity contribution in [1.29, 1.82) is 0 Å². The van der Waals surface area contributed by atoms with Gasteiger partial charge in [0.15, 0.2) is 5.78 Å². The lowest BCUT2D eigenvalue weighted by Gasteiger charge is -2.11. The quantitative estimate of drug-likeness (QED) is 0.625. The maximum atomic E-state index is 12.2.